The highest BCUT2D eigenvalue weighted by Crippen LogP contribution is 2.43. The Morgan fingerprint density at radius 3 is 1.98 bits per heavy atom. The molecule has 5 atom stereocenters. The predicted octanol–water partition coefficient (Wildman–Crippen LogP) is 8.87. The van der Waals surface area contributed by atoms with Crippen LogP contribution in [0.3, 0.4) is 0 Å². The summed E-state index contributed by atoms with van der Waals surface area (Å²) in [6.07, 6.45) is 12.9. The summed E-state index contributed by atoms with van der Waals surface area (Å²) in [6.45, 7) is 8.99. The van der Waals surface area contributed by atoms with Crippen LogP contribution in [0.5, 0.6) is 23.0 Å². The number of hydrogen-bond donors (Lipinski definition) is 3. The Bertz CT molecular complexity index is 1050. The average Bonchev–Trinajstić information content (AvgIpc) is 2.91. The van der Waals surface area contributed by atoms with E-state index in [1.807, 2.05) is 6.92 Å². The van der Waals surface area contributed by atoms with E-state index in [9.17, 15) is 20.1 Å². The smallest absolute Gasteiger partial charge is 0.203 e. The van der Waals surface area contributed by atoms with Crippen LogP contribution in [0.4, 0.5) is 0 Å². The minimum Gasteiger partial charge on any atom is -0.508 e. The molecule has 0 amide bonds. The van der Waals surface area contributed by atoms with E-state index in [0.29, 0.717) is 5.56 Å². The van der Waals surface area contributed by atoms with Gasteiger partial charge < -0.3 is 24.8 Å². The zero-order valence-corrected chi connectivity index (χ0v) is 24.9. The molecule has 2 aromatic rings. The Morgan fingerprint density at radius 2 is 1.35 bits per heavy atom. The number of carbonyl (C=O) groups is 1. The van der Waals surface area contributed by atoms with Gasteiger partial charge >= 0.3 is 0 Å². The SMILES string of the molecule is CC[C@H](C)CCCCC[C@H](C)CCCCCC[C@@H](C)O[C@@H]1C(=O)c2c(O)cc(O)cc2O[C@@H]1c1ccc(O)cc1. The number of aromatic hydroxyl groups is 3. The minimum atomic E-state index is -0.950. The van der Waals surface area contributed by atoms with Crippen LogP contribution in [-0.4, -0.2) is 33.3 Å². The maximum Gasteiger partial charge on any atom is 0.203 e. The van der Waals surface area contributed by atoms with Crippen LogP contribution in [0, 0.1) is 11.8 Å². The van der Waals surface area contributed by atoms with Gasteiger partial charge in [0.1, 0.15) is 28.6 Å². The van der Waals surface area contributed by atoms with Crippen LogP contribution < -0.4 is 4.74 Å². The molecule has 0 saturated heterocycles. The van der Waals surface area contributed by atoms with Crippen LogP contribution in [0.2, 0.25) is 0 Å². The molecule has 222 valence electrons. The van der Waals surface area contributed by atoms with Crippen molar-refractivity contribution in [2.75, 3.05) is 0 Å². The van der Waals surface area contributed by atoms with E-state index in [1.165, 1.54) is 76.0 Å². The molecular formula is C34H50O6. The summed E-state index contributed by atoms with van der Waals surface area (Å²) in [5.41, 5.74) is 0.691. The third kappa shape index (κ3) is 9.43. The second kappa shape index (κ2) is 15.9. The molecule has 0 saturated carbocycles. The Hall–Kier alpha value is -2.73. The molecule has 0 fully saturated rings. The van der Waals surface area contributed by atoms with Crippen LogP contribution in [-0.2, 0) is 4.74 Å². The molecule has 2 aromatic carbocycles. The van der Waals surface area contributed by atoms with Gasteiger partial charge in [-0.3, -0.25) is 4.79 Å². The number of benzene rings is 2. The summed E-state index contributed by atoms with van der Waals surface area (Å²) < 4.78 is 12.4. The van der Waals surface area contributed by atoms with E-state index in [2.05, 4.69) is 20.8 Å². The first kappa shape index (κ1) is 31.8. The predicted molar refractivity (Wildman–Crippen MR) is 159 cm³/mol. The van der Waals surface area contributed by atoms with Crippen molar-refractivity contribution in [3.8, 4) is 23.0 Å². The van der Waals surface area contributed by atoms with E-state index >= 15 is 0 Å². The molecule has 3 rings (SSSR count). The summed E-state index contributed by atoms with van der Waals surface area (Å²) in [4.78, 5) is 13.5. The molecule has 40 heavy (non-hydrogen) atoms. The molecule has 3 N–H and O–H groups in total. The van der Waals surface area contributed by atoms with Crippen LogP contribution in [0.1, 0.15) is 127 Å². The monoisotopic (exact) mass is 554 g/mol. The number of fused-ring (bicyclic) bond motifs is 1. The van der Waals surface area contributed by atoms with Gasteiger partial charge in [0.05, 0.1) is 6.10 Å². The van der Waals surface area contributed by atoms with Crippen LogP contribution in [0.25, 0.3) is 0 Å². The summed E-state index contributed by atoms with van der Waals surface area (Å²) >= 11 is 0. The van der Waals surface area contributed by atoms with E-state index in [1.54, 1.807) is 12.1 Å². The average molecular weight is 555 g/mol. The maximum atomic E-state index is 13.5. The largest absolute Gasteiger partial charge is 0.508 e. The summed E-state index contributed by atoms with van der Waals surface area (Å²) in [7, 11) is 0. The first-order chi connectivity index (χ1) is 19.2. The van der Waals surface area contributed by atoms with Crippen molar-refractivity contribution in [2.24, 2.45) is 11.8 Å². The maximum absolute atomic E-state index is 13.5. The van der Waals surface area contributed by atoms with Crippen molar-refractivity contribution >= 4 is 5.78 Å². The third-order valence-corrected chi connectivity index (χ3v) is 8.35. The van der Waals surface area contributed by atoms with Gasteiger partial charge in [0.25, 0.3) is 0 Å². The van der Waals surface area contributed by atoms with Gasteiger partial charge in [0.2, 0.25) is 5.78 Å². The number of ether oxygens (including phenoxy) is 2. The second-order valence-electron chi connectivity index (χ2n) is 11.9. The number of phenolic OH excluding ortho intramolecular Hbond substituents is 3. The van der Waals surface area contributed by atoms with E-state index < -0.39 is 12.2 Å². The zero-order chi connectivity index (χ0) is 29.1. The first-order valence-electron chi connectivity index (χ1n) is 15.4. The lowest BCUT2D eigenvalue weighted by atomic mass is 9.92. The fourth-order valence-corrected chi connectivity index (χ4v) is 5.55. The minimum absolute atomic E-state index is 0.0228. The van der Waals surface area contributed by atoms with Crippen molar-refractivity contribution in [3.63, 3.8) is 0 Å². The quantitative estimate of drug-likeness (QED) is 0.169. The van der Waals surface area contributed by atoms with Gasteiger partial charge in [-0.05, 0) is 42.9 Å². The van der Waals surface area contributed by atoms with Gasteiger partial charge in [-0.1, -0.05) is 104 Å². The van der Waals surface area contributed by atoms with E-state index in [-0.39, 0.29) is 40.4 Å². The van der Waals surface area contributed by atoms with Crippen LogP contribution >= 0.6 is 0 Å². The number of rotatable bonds is 17. The molecule has 0 aliphatic carbocycles. The molecule has 1 aliphatic heterocycles. The van der Waals surface area contributed by atoms with Gasteiger partial charge in [-0.25, -0.2) is 0 Å². The van der Waals surface area contributed by atoms with Crippen molar-refractivity contribution in [1.82, 2.24) is 0 Å². The molecule has 0 bridgehead atoms. The number of phenols is 3. The number of carbonyl (C=O) groups excluding carboxylic acids is 1. The Labute approximate surface area is 240 Å². The number of hydrogen-bond acceptors (Lipinski definition) is 6. The fourth-order valence-electron chi connectivity index (χ4n) is 5.55. The molecule has 6 nitrogen and oxygen atoms in total. The lowest BCUT2D eigenvalue weighted by Crippen LogP contribution is -2.40. The van der Waals surface area contributed by atoms with Crippen molar-refractivity contribution in [1.29, 1.82) is 0 Å². The Morgan fingerprint density at radius 1 is 0.775 bits per heavy atom. The summed E-state index contributed by atoms with van der Waals surface area (Å²) in [6, 6.07) is 8.92. The van der Waals surface area contributed by atoms with Gasteiger partial charge in [0.15, 0.2) is 12.2 Å². The molecule has 0 aromatic heterocycles. The summed E-state index contributed by atoms with van der Waals surface area (Å²) in [5.74, 6) is 0.993. The lowest BCUT2D eigenvalue weighted by molar-refractivity contribution is -0.0551. The van der Waals surface area contributed by atoms with Gasteiger partial charge in [0, 0.05) is 12.1 Å². The first-order valence-corrected chi connectivity index (χ1v) is 15.4. The molecule has 0 spiro atoms. The van der Waals surface area contributed by atoms with Crippen molar-refractivity contribution in [2.45, 2.75) is 123 Å². The van der Waals surface area contributed by atoms with E-state index in [0.717, 1.165) is 37.2 Å². The molecule has 6 heteroatoms. The molecule has 1 heterocycles. The highest BCUT2D eigenvalue weighted by atomic mass is 16.6. The lowest BCUT2D eigenvalue weighted by Gasteiger charge is -2.34. The molecule has 1 aliphatic rings. The fraction of sp³-hybridized carbons (Fsp3) is 0.618. The normalized spacial score (nSPS) is 19.1. The third-order valence-electron chi connectivity index (χ3n) is 8.35. The van der Waals surface area contributed by atoms with Crippen LogP contribution in [0.15, 0.2) is 36.4 Å². The molecule has 0 radical (unpaired) electrons. The Kier molecular flexibility index (Phi) is 12.6. The molecular weight excluding hydrogens is 504 g/mol. The van der Waals surface area contributed by atoms with Crippen molar-refractivity contribution < 1.29 is 29.6 Å². The highest BCUT2D eigenvalue weighted by molar-refractivity contribution is 6.05. The summed E-state index contributed by atoms with van der Waals surface area (Å²) in [5, 5.41) is 30.0. The standard InChI is InChI=1S/C34H50O6/c1-5-23(2)13-10-8-11-15-24(3)14-9-6-7-12-16-25(4)39-34-32(38)31-29(37)21-28(36)22-30(31)40-33(34)26-17-19-27(35)20-18-26/h17-25,33-37H,5-16H2,1-4H3/t23-,24+,25+,33+,34+/m0/s1. The zero-order valence-electron chi connectivity index (χ0n) is 24.9. The molecule has 0 unspecified atom stereocenters. The van der Waals surface area contributed by atoms with E-state index in [4.69, 9.17) is 9.47 Å². The number of unbranched alkanes of at least 4 members (excludes halogenated alkanes) is 5. The van der Waals surface area contributed by atoms with Crippen molar-refractivity contribution in [3.05, 3.63) is 47.5 Å². The highest BCUT2D eigenvalue weighted by Gasteiger charge is 2.42. The van der Waals surface area contributed by atoms with Gasteiger partial charge in [-0.15, -0.1) is 0 Å². The number of ketones is 1. The topological polar surface area (TPSA) is 96.2 Å². The Balaban J connectivity index is 1.44. The second-order valence-corrected chi connectivity index (χ2v) is 11.9. The van der Waals surface area contributed by atoms with Gasteiger partial charge in [-0.2, -0.15) is 0 Å². The number of Topliss-reactive ketones (excluding diaryl/α,β-unsaturated/α-hetero) is 1.